The van der Waals surface area contributed by atoms with E-state index in [9.17, 15) is 9.90 Å². The summed E-state index contributed by atoms with van der Waals surface area (Å²) in [7, 11) is 1.78. The number of fused-ring (bicyclic) bond motifs is 1. The van der Waals surface area contributed by atoms with Crippen LogP contribution in [0, 0.1) is 0 Å². The van der Waals surface area contributed by atoms with Gasteiger partial charge in [-0.15, -0.1) is 0 Å². The SMILES string of the molecule is CN(C(=O)CC1(O)CCCC1)c1ccc2ccccc2c1. The summed E-state index contributed by atoms with van der Waals surface area (Å²) in [5, 5.41) is 12.7. The maximum Gasteiger partial charge on any atom is 0.229 e. The fraction of sp³-hybridized carbons (Fsp3) is 0.389. The number of benzene rings is 2. The number of hydrogen-bond acceptors (Lipinski definition) is 2. The van der Waals surface area contributed by atoms with Gasteiger partial charge in [0, 0.05) is 12.7 Å². The molecule has 3 heteroatoms. The lowest BCUT2D eigenvalue weighted by Crippen LogP contribution is -2.35. The summed E-state index contributed by atoms with van der Waals surface area (Å²) in [5.41, 5.74) is 0.0858. The highest BCUT2D eigenvalue weighted by Gasteiger charge is 2.34. The van der Waals surface area contributed by atoms with Crippen molar-refractivity contribution in [3.8, 4) is 0 Å². The Morgan fingerprint density at radius 3 is 2.52 bits per heavy atom. The molecular weight excluding hydrogens is 262 g/mol. The van der Waals surface area contributed by atoms with Crippen LogP contribution in [0.5, 0.6) is 0 Å². The van der Waals surface area contributed by atoms with E-state index in [-0.39, 0.29) is 12.3 Å². The quantitative estimate of drug-likeness (QED) is 0.936. The zero-order valence-electron chi connectivity index (χ0n) is 12.4. The van der Waals surface area contributed by atoms with Crippen LogP contribution in [-0.2, 0) is 4.79 Å². The Balaban J connectivity index is 1.79. The van der Waals surface area contributed by atoms with Crippen LogP contribution in [0.2, 0.25) is 0 Å². The molecule has 1 amide bonds. The first-order chi connectivity index (χ1) is 10.1. The summed E-state index contributed by atoms with van der Waals surface area (Å²) >= 11 is 0. The minimum absolute atomic E-state index is 0.0188. The summed E-state index contributed by atoms with van der Waals surface area (Å²) in [6.07, 6.45) is 3.73. The molecule has 0 saturated heterocycles. The topological polar surface area (TPSA) is 40.5 Å². The van der Waals surface area contributed by atoms with Crippen molar-refractivity contribution in [1.29, 1.82) is 0 Å². The molecule has 110 valence electrons. The Hall–Kier alpha value is -1.87. The van der Waals surface area contributed by atoms with Crippen LogP contribution in [0.1, 0.15) is 32.1 Å². The van der Waals surface area contributed by atoms with Crippen LogP contribution >= 0.6 is 0 Å². The number of carbonyl (C=O) groups excluding carboxylic acids is 1. The van der Waals surface area contributed by atoms with Crippen LogP contribution < -0.4 is 4.90 Å². The minimum atomic E-state index is -0.789. The molecule has 0 bridgehead atoms. The lowest BCUT2D eigenvalue weighted by Gasteiger charge is -2.25. The summed E-state index contributed by atoms with van der Waals surface area (Å²) in [4.78, 5) is 14.1. The van der Waals surface area contributed by atoms with Gasteiger partial charge in [0.1, 0.15) is 0 Å². The molecule has 1 N–H and O–H groups in total. The van der Waals surface area contributed by atoms with Gasteiger partial charge in [-0.05, 0) is 35.7 Å². The first-order valence-corrected chi connectivity index (χ1v) is 7.55. The molecule has 1 aliphatic carbocycles. The van der Waals surface area contributed by atoms with Crippen LogP contribution in [0.3, 0.4) is 0 Å². The van der Waals surface area contributed by atoms with Crippen LogP contribution in [-0.4, -0.2) is 23.7 Å². The zero-order chi connectivity index (χ0) is 14.9. The van der Waals surface area contributed by atoms with Crippen molar-refractivity contribution in [2.45, 2.75) is 37.7 Å². The van der Waals surface area contributed by atoms with Gasteiger partial charge >= 0.3 is 0 Å². The van der Waals surface area contributed by atoms with Crippen molar-refractivity contribution in [2.24, 2.45) is 0 Å². The first kappa shape index (κ1) is 14.1. The van der Waals surface area contributed by atoms with Crippen LogP contribution in [0.4, 0.5) is 5.69 Å². The minimum Gasteiger partial charge on any atom is -0.389 e. The van der Waals surface area contributed by atoms with Gasteiger partial charge in [-0.1, -0.05) is 43.2 Å². The second kappa shape index (κ2) is 5.49. The normalized spacial score (nSPS) is 17.0. The fourth-order valence-corrected chi connectivity index (χ4v) is 3.14. The predicted octanol–water partition coefficient (Wildman–Crippen LogP) is 3.50. The molecule has 3 rings (SSSR count). The summed E-state index contributed by atoms with van der Waals surface area (Å²) in [5.74, 6) is -0.0188. The number of hydrogen-bond donors (Lipinski definition) is 1. The van der Waals surface area contributed by atoms with Gasteiger partial charge in [0.05, 0.1) is 12.0 Å². The average Bonchev–Trinajstić information content (AvgIpc) is 2.92. The van der Waals surface area contributed by atoms with Crippen molar-refractivity contribution in [3.63, 3.8) is 0 Å². The van der Waals surface area contributed by atoms with E-state index in [1.807, 2.05) is 36.4 Å². The Kier molecular flexibility index (Phi) is 3.68. The highest BCUT2D eigenvalue weighted by molar-refractivity contribution is 5.96. The third-order valence-electron chi connectivity index (χ3n) is 4.51. The second-order valence-electron chi connectivity index (χ2n) is 6.09. The molecule has 0 atom stereocenters. The van der Waals surface area contributed by atoms with E-state index in [0.29, 0.717) is 0 Å². The number of rotatable bonds is 3. The predicted molar refractivity (Wildman–Crippen MR) is 85.4 cm³/mol. The lowest BCUT2D eigenvalue weighted by molar-refractivity contribution is -0.123. The van der Waals surface area contributed by atoms with Crippen molar-refractivity contribution >= 4 is 22.4 Å². The summed E-state index contributed by atoms with van der Waals surface area (Å²) < 4.78 is 0. The summed E-state index contributed by atoms with van der Waals surface area (Å²) in [6, 6.07) is 14.1. The maximum atomic E-state index is 12.4. The van der Waals surface area contributed by atoms with Crippen molar-refractivity contribution < 1.29 is 9.90 Å². The van der Waals surface area contributed by atoms with Gasteiger partial charge in [-0.25, -0.2) is 0 Å². The smallest absolute Gasteiger partial charge is 0.229 e. The van der Waals surface area contributed by atoms with E-state index in [4.69, 9.17) is 0 Å². The number of nitrogens with zero attached hydrogens (tertiary/aromatic N) is 1. The van der Waals surface area contributed by atoms with E-state index in [0.717, 1.165) is 42.1 Å². The van der Waals surface area contributed by atoms with Gasteiger partial charge < -0.3 is 10.0 Å². The Bertz CT molecular complexity index is 659. The van der Waals surface area contributed by atoms with E-state index in [2.05, 4.69) is 6.07 Å². The van der Waals surface area contributed by atoms with Gasteiger partial charge in [-0.2, -0.15) is 0 Å². The Morgan fingerprint density at radius 1 is 1.14 bits per heavy atom. The van der Waals surface area contributed by atoms with E-state index in [1.165, 1.54) is 0 Å². The Morgan fingerprint density at radius 2 is 1.81 bits per heavy atom. The van der Waals surface area contributed by atoms with Crippen molar-refractivity contribution in [3.05, 3.63) is 42.5 Å². The number of aliphatic hydroxyl groups is 1. The molecule has 0 aromatic heterocycles. The molecule has 21 heavy (non-hydrogen) atoms. The van der Waals surface area contributed by atoms with E-state index >= 15 is 0 Å². The molecule has 1 saturated carbocycles. The molecule has 0 unspecified atom stereocenters. The fourth-order valence-electron chi connectivity index (χ4n) is 3.14. The number of anilines is 1. The molecule has 2 aromatic rings. The molecule has 0 heterocycles. The first-order valence-electron chi connectivity index (χ1n) is 7.55. The van der Waals surface area contributed by atoms with Gasteiger partial charge in [0.2, 0.25) is 5.91 Å². The zero-order valence-corrected chi connectivity index (χ0v) is 12.4. The molecule has 1 fully saturated rings. The molecule has 2 aromatic carbocycles. The van der Waals surface area contributed by atoms with Crippen LogP contribution in [0.15, 0.2) is 42.5 Å². The highest BCUT2D eigenvalue weighted by atomic mass is 16.3. The number of amides is 1. The van der Waals surface area contributed by atoms with Gasteiger partial charge in [0.25, 0.3) is 0 Å². The van der Waals surface area contributed by atoms with Gasteiger partial charge in [0.15, 0.2) is 0 Å². The summed E-state index contributed by atoms with van der Waals surface area (Å²) in [6.45, 7) is 0. The molecular formula is C18H21NO2. The van der Waals surface area contributed by atoms with Crippen LogP contribution in [0.25, 0.3) is 10.8 Å². The van der Waals surface area contributed by atoms with Crippen molar-refractivity contribution in [1.82, 2.24) is 0 Å². The second-order valence-corrected chi connectivity index (χ2v) is 6.09. The standard InChI is InChI=1S/C18H21NO2/c1-19(17(20)13-18(21)10-4-5-11-18)16-9-8-14-6-2-3-7-15(14)12-16/h2-3,6-9,12,21H,4-5,10-11,13H2,1H3. The van der Waals surface area contributed by atoms with E-state index < -0.39 is 5.60 Å². The van der Waals surface area contributed by atoms with Crippen molar-refractivity contribution in [2.75, 3.05) is 11.9 Å². The lowest BCUT2D eigenvalue weighted by atomic mass is 9.97. The largest absolute Gasteiger partial charge is 0.389 e. The number of carbonyl (C=O) groups is 1. The molecule has 3 nitrogen and oxygen atoms in total. The monoisotopic (exact) mass is 283 g/mol. The van der Waals surface area contributed by atoms with Gasteiger partial charge in [-0.3, -0.25) is 4.79 Å². The van der Waals surface area contributed by atoms with E-state index in [1.54, 1.807) is 11.9 Å². The molecule has 0 aliphatic heterocycles. The Labute approximate surface area is 125 Å². The highest BCUT2D eigenvalue weighted by Crippen LogP contribution is 2.33. The third-order valence-corrected chi connectivity index (χ3v) is 4.51. The third kappa shape index (κ3) is 2.93. The average molecular weight is 283 g/mol. The molecule has 1 aliphatic rings. The molecule has 0 radical (unpaired) electrons. The molecule has 0 spiro atoms. The maximum absolute atomic E-state index is 12.4.